The zero-order valence-corrected chi connectivity index (χ0v) is 17.8. The molecule has 3 aromatic rings. The number of ether oxygens (including phenoxy) is 3. The van der Waals surface area contributed by atoms with Crippen molar-refractivity contribution in [1.82, 2.24) is 9.55 Å². The number of rotatable bonds is 8. The van der Waals surface area contributed by atoms with Crippen LogP contribution in [0.1, 0.15) is 29.4 Å². The number of aryl methyl sites for hydroxylation is 2. The van der Waals surface area contributed by atoms with Crippen LogP contribution in [0.5, 0.6) is 11.5 Å². The highest BCUT2D eigenvalue weighted by atomic mass is 16.5. The van der Waals surface area contributed by atoms with Gasteiger partial charge in [-0.05, 0) is 50.1 Å². The van der Waals surface area contributed by atoms with E-state index in [0.717, 1.165) is 28.3 Å². The molecule has 0 bridgehead atoms. The lowest BCUT2D eigenvalue weighted by molar-refractivity contribution is 0.297. The number of aromatic nitrogens is 2. The first-order valence-corrected chi connectivity index (χ1v) is 9.71. The molecule has 2 aromatic heterocycles. The van der Waals surface area contributed by atoms with Gasteiger partial charge >= 0.3 is 0 Å². The van der Waals surface area contributed by atoms with Gasteiger partial charge in [0.1, 0.15) is 29.6 Å². The van der Waals surface area contributed by atoms with Crippen LogP contribution in [0, 0.1) is 13.8 Å². The molecule has 6 nitrogen and oxygen atoms in total. The molecule has 0 saturated carbocycles. The van der Waals surface area contributed by atoms with E-state index >= 15 is 0 Å². The third-order valence-electron chi connectivity index (χ3n) is 4.67. The van der Waals surface area contributed by atoms with Crippen LogP contribution >= 0.6 is 0 Å². The van der Waals surface area contributed by atoms with E-state index in [4.69, 9.17) is 14.2 Å². The van der Waals surface area contributed by atoms with Gasteiger partial charge < -0.3 is 14.2 Å². The van der Waals surface area contributed by atoms with Gasteiger partial charge in [-0.15, -0.1) is 0 Å². The van der Waals surface area contributed by atoms with Gasteiger partial charge in [-0.2, -0.15) is 0 Å². The Bertz CT molecular complexity index is 1100. The van der Waals surface area contributed by atoms with Crippen LogP contribution in [0.15, 0.2) is 60.0 Å². The lowest BCUT2D eigenvalue weighted by Gasteiger charge is -2.16. The van der Waals surface area contributed by atoms with E-state index in [9.17, 15) is 4.79 Å². The Hall–Kier alpha value is -3.54. The van der Waals surface area contributed by atoms with Gasteiger partial charge in [-0.3, -0.25) is 14.3 Å². The van der Waals surface area contributed by atoms with Crippen LogP contribution < -0.4 is 15.0 Å². The Labute approximate surface area is 176 Å². The first kappa shape index (κ1) is 21.2. The van der Waals surface area contributed by atoms with Crippen LogP contribution in [-0.2, 0) is 11.3 Å². The Kier molecular flexibility index (Phi) is 6.57. The highest BCUT2D eigenvalue weighted by molar-refractivity contribution is 5.58. The number of nitrogens with zero attached hydrogens (tertiary/aromatic N) is 2. The van der Waals surface area contributed by atoms with E-state index in [-0.39, 0.29) is 5.56 Å². The third kappa shape index (κ3) is 4.71. The summed E-state index contributed by atoms with van der Waals surface area (Å²) in [6.45, 7) is 10.4. The number of methoxy groups -OCH3 is 1. The second-order valence-electron chi connectivity index (χ2n) is 6.86. The molecule has 0 unspecified atom stereocenters. The maximum atomic E-state index is 12.9. The van der Waals surface area contributed by atoms with E-state index < -0.39 is 0 Å². The lowest BCUT2D eigenvalue weighted by Crippen LogP contribution is -2.21. The molecule has 0 aliphatic rings. The molecule has 30 heavy (non-hydrogen) atoms. The summed E-state index contributed by atoms with van der Waals surface area (Å²) in [4.78, 5) is 17.3. The van der Waals surface area contributed by atoms with E-state index in [1.54, 1.807) is 17.9 Å². The Morgan fingerprint density at radius 1 is 1.10 bits per heavy atom. The summed E-state index contributed by atoms with van der Waals surface area (Å²) in [5.74, 6) is 1.79. The molecule has 6 heteroatoms. The first-order chi connectivity index (χ1) is 14.4. The van der Waals surface area contributed by atoms with Crippen molar-refractivity contribution in [2.24, 2.45) is 0 Å². The molecule has 2 heterocycles. The van der Waals surface area contributed by atoms with Gasteiger partial charge in [0.05, 0.1) is 19.4 Å². The summed E-state index contributed by atoms with van der Waals surface area (Å²) in [7, 11) is 1.63. The zero-order valence-electron chi connectivity index (χ0n) is 17.8. The highest BCUT2D eigenvalue weighted by Crippen LogP contribution is 2.21. The largest absolute Gasteiger partial charge is 0.497 e. The molecule has 0 amide bonds. The van der Waals surface area contributed by atoms with Crippen molar-refractivity contribution in [2.75, 3.05) is 13.7 Å². The van der Waals surface area contributed by atoms with Crippen LogP contribution in [-0.4, -0.2) is 23.3 Å². The van der Waals surface area contributed by atoms with Crippen LogP contribution in [0.3, 0.4) is 0 Å². The highest BCUT2D eigenvalue weighted by Gasteiger charge is 2.12. The van der Waals surface area contributed by atoms with Gasteiger partial charge in [0.2, 0.25) is 0 Å². The summed E-state index contributed by atoms with van der Waals surface area (Å²) in [5, 5.41) is 0. The Morgan fingerprint density at radius 3 is 2.47 bits per heavy atom. The molecular formula is C24H26N2O4. The summed E-state index contributed by atoms with van der Waals surface area (Å²) < 4.78 is 18.1. The predicted molar refractivity (Wildman–Crippen MR) is 117 cm³/mol. The van der Waals surface area contributed by atoms with E-state index in [2.05, 4.69) is 11.6 Å². The summed E-state index contributed by atoms with van der Waals surface area (Å²) in [5.41, 5.74) is 3.78. The minimum absolute atomic E-state index is 0.179. The second kappa shape index (κ2) is 9.31. The molecule has 0 atom stereocenters. The fourth-order valence-electron chi connectivity index (χ4n) is 3.11. The van der Waals surface area contributed by atoms with Crippen molar-refractivity contribution in [3.63, 3.8) is 0 Å². The minimum atomic E-state index is -0.179. The number of hydrogen-bond donors (Lipinski definition) is 0. The smallest absolute Gasteiger partial charge is 0.259 e. The van der Waals surface area contributed by atoms with Crippen molar-refractivity contribution in [1.29, 1.82) is 0 Å². The fraction of sp³-hybridized carbons (Fsp3) is 0.250. The maximum Gasteiger partial charge on any atom is 0.259 e. The average molecular weight is 406 g/mol. The summed E-state index contributed by atoms with van der Waals surface area (Å²) in [6, 6.07) is 12.8. The molecule has 0 N–H and O–H groups in total. The topological polar surface area (TPSA) is 62.6 Å². The first-order valence-electron chi connectivity index (χ1n) is 9.71. The van der Waals surface area contributed by atoms with Crippen molar-refractivity contribution < 1.29 is 14.2 Å². The summed E-state index contributed by atoms with van der Waals surface area (Å²) in [6.07, 6.45) is 1.72. The molecule has 0 saturated heterocycles. The molecule has 0 spiro atoms. The Balaban J connectivity index is 1.86. The van der Waals surface area contributed by atoms with Gasteiger partial charge in [0, 0.05) is 24.0 Å². The normalized spacial score (nSPS) is 10.5. The average Bonchev–Trinajstić information content (AvgIpc) is 2.73. The molecular weight excluding hydrogens is 380 g/mol. The standard InChI is InChI=1S/C24H26N2O4/c1-6-29-18(4)22-13-23(16(2)14-25-22)26-17(3)11-21(12-24(26)27)30-15-19-7-9-20(28-5)10-8-19/h7-14H,4,6,15H2,1-3,5H3. The number of pyridine rings is 2. The summed E-state index contributed by atoms with van der Waals surface area (Å²) >= 11 is 0. The van der Waals surface area contributed by atoms with Gasteiger partial charge in [0.25, 0.3) is 5.56 Å². The quantitative estimate of drug-likeness (QED) is 0.518. The van der Waals surface area contributed by atoms with E-state index in [0.29, 0.717) is 30.4 Å². The predicted octanol–water partition coefficient (Wildman–Crippen LogP) is 4.44. The van der Waals surface area contributed by atoms with Crippen molar-refractivity contribution in [3.05, 3.63) is 88.1 Å². The molecule has 0 fully saturated rings. The molecule has 3 rings (SSSR count). The van der Waals surface area contributed by atoms with E-state index in [1.807, 2.05) is 57.2 Å². The van der Waals surface area contributed by atoms with Crippen molar-refractivity contribution in [2.45, 2.75) is 27.4 Å². The SMILES string of the molecule is C=C(OCC)c1cc(-n2c(C)cc(OCc3ccc(OC)cc3)cc2=O)c(C)cn1. The van der Waals surface area contributed by atoms with Gasteiger partial charge in [0.15, 0.2) is 0 Å². The fourth-order valence-corrected chi connectivity index (χ4v) is 3.11. The lowest BCUT2D eigenvalue weighted by atomic mass is 10.2. The van der Waals surface area contributed by atoms with Crippen LogP contribution in [0.25, 0.3) is 11.4 Å². The third-order valence-corrected chi connectivity index (χ3v) is 4.67. The second-order valence-corrected chi connectivity index (χ2v) is 6.86. The Morgan fingerprint density at radius 2 is 1.83 bits per heavy atom. The van der Waals surface area contributed by atoms with Crippen molar-refractivity contribution in [3.8, 4) is 17.2 Å². The molecule has 0 aliphatic carbocycles. The van der Waals surface area contributed by atoms with Gasteiger partial charge in [-0.1, -0.05) is 18.7 Å². The zero-order chi connectivity index (χ0) is 21.7. The molecule has 156 valence electrons. The minimum Gasteiger partial charge on any atom is -0.497 e. The van der Waals surface area contributed by atoms with Gasteiger partial charge in [-0.25, -0.2) is 0 Å². The van der Waals surface area contributed by atoms with Crippen molar-refractivity contribution >= 4 is 5.76 Å². The van der Waals surface area contributed by atoms with E-state index in [1.165, 1.54) is 6.07 Å². The monoisotopic (exact) mass is 406 g/mol. The number of benzene rings is 1. The maximum absolute atomic E-state index is 12.9. The molecule has 0 radical (unpaired) electrons. The number of hydrogen-bond acceptors (Lipinski definition) is 5. The molecule has 0 aliphatic heterocycles. The van der Waals surface area contributed by atoms with Crippen LogP contribution in [0.2, 0.25) is 0 Å². The van der Waals surface area contributed by atoms with Crippen LogP contribution in [0.4, 0.5) is 0 Å². The molecule has 1 aromatic carbocycles.